The van der Waals surface area contributed by atoms with Crippen LogP contribution in [0.5, 0.6) is 0 Å². The minimum absolute atomic E-state index is 0.211. The first-order valence-corrected chi connectivity index (χ1v) is 7.05. The van der Waals surface area contributed by atoms with Gasteiger partial charge >= 0.3 is 0 Å². The van der Waals surface area contributed by atoms with Gasteiger partial charge in [0.1, 0.15) is 11.9 Å². The van der Waals surface area contributed by atoms with Crippen molar-refractivity contribution in [2.45, 2.75) is 78.4 Å². The van der Waals surface area contributed by atoms with Gasteiger partial charge in [-0.2, -0.15) is 0 Å². The number of aliphatic hydroxyl groups is 1. The molecule has 0 bridgehead atoms. The zero-order valence-electron chi connectivity index (χ0n) is 11.8. The van der Waals surface area contributed by atoms with Crippen LogP contribution in [-0.2, 0) is 4.74 Å². The van der Waals surface area contributed by atoms with Crippen molar-refractivity contribution >= 4 is 0 Å². The van der Waals surface area contributed by atoms with E-state index >= 15 is 0 Å². The van der Waals surface area contributed by atoms with Gasteiger partial charge in [-0.3, -0.25) is 0 Å². The molecule has 0 aromatic heterocycles. The Labute approximate surface area is 106 Å². The Bertz CT molecular complexity index is 256. The summed E-state index contributed by atoms with van der Waals surface area (Å²) >= 11 is 0. The topological polar surface area (TPSA) is 29.5 Å². The molecule has 0 amide bonds. The minimum atomic E-state index is -0.478. The molecule has 17 heavy (non-hydrogen) atoms. The standard InChI is InChI=1S/C15H28O2/c1-11-8-6-5-7-9-12(2)15(14(4)16)17-13(3)10-11/h11,13-14,16H,5-10H2,1-4H3/b15-12-/t11?,13?,14-/m1/s1. The third kappa shape index (κ3) is 5.12. The van der Waals surface area contributed by atoms with Crippen LogP contribution in [-0.4, -0.2) is 17.3 Å². The summed E-state index contributed by atoms with van der Waals surface area (Å²) in [5, 5.41) is 9.80. The third-order valence-corrected chi connectivity index (χ3v) is 3.61. The van der Waals surface area contributed by atoms with E-state index in [1.54, 1.807) is 6.92 Å². The van der Waals surface area contributed by atoms with E-state index in [0.29, 0.717) is 0 Å². The number of rotatable bonds is 1. The van der Waals surface area contributed by atoms with Crippen molar-refractivity contribution in [3.63, 3.8) is 0 Å². The lowest BCUT2D eigenvalue weighted by Gasteiger charge is -2.23. The molecule has 2 nitrogen and oxygen atoms in total. The molecule has 0 radical (unpaired) electrons. The molecule has 0 spiro atoms. The Hall–Kier alpha value is -0.500. The number of hydrogen-bond acceptors (Lipinski definition) is 2. The van der Waals surface area contributed by atoms with Gasteiger partial charge in [-0.1, -0.05) is 26.2 Å². The fourth-order valence-corrected chi connectivity index (χ4v) is 2.69. The van der Waals surface area contributed by atoms with Crippen molar-refractivity contribution < 1.29 is 9.84 Å². The highest BCUT2D eigenvalue weighted by molar-refractivity contribution is 5.09. The molecule has 100 valence electrons. The Balaban J connectivity index is 2.75. The monoisotopic (exact) mass is 240 g/mol. The second-order valence-corrected chi connectivity index (χ2v) is 5.69. The van der Waals surface area contributed by atoms with E-state index in [9.17, 15) is 5.11 Å². The van der Waals surface area contributed by atoms with Crippen molar-refractivity contribution in [1.82, 2.24) is 0 Å². The molecule has 3 atom stereocenters. The Kier molecular flexibility index (Phi) is 6.04. The second-order valence-electron chi connectivity index (χ2n) is 5.69. The normalized spacial score (nSPS) is 34.6. The maximum Gasteiger partial charge on any atom is 0.123 e. The predicted octanol–water partition coefficient (Wildman–Crippen LogP) is 4.04. The van der Waals surface area contributed by atoms with Gasteiger partial charge in [-0.15, -0.1) is 0 Å². The lowest BCUT2D eigenvalue weighted by Crippen LogP contribution is -2.18. The molecule has 1 heterocycles. The summed E-state index contributed by atoms with van der Waals surface area (Å²) in [4.78, 5) is 0. The molecule has 1 aliphatic heterocycles. The van der Waals surface area contributed by atoms with E-state index in [-0.39, 0.29) is 6.10 Å². The summed E-state index contributed by atoms with van der Waals surface area (Å²) in [5.74, 6) is 1.53. The van der Waals surface area contributed by atoms with E-state index < -0.39 is 6.10 Å². The molecule has 0 aromatic carbocycles. The highest BCUT2D eigenvalue weighted by Crippen LogP contribution is 2.25. The molecule has 2 unspecified atom stereocenters. The van der Waals surface area contributed by atoms with Gasteiger partial charge in [0.15, 0.2) is 0 Å². The van der Waals surface area contributed by atoms with Crippen LogP contribution in [0.4, 0.5) is 0 Å². The zero-order chi connectivity index (χ0) is 12.8. The first kappa shape index (κ1) is 14.6. The summed E-state index contributed by atoms with van der Waals surface area (Å²) in [6.07, 6.45) is 7.01. The Morgan fingerprint density at radius 3 is 2.59 bits per heavy atom. The average Bonchev–Trinajstić information content (AvgIpc) is 2.26. The van der Waals surface area contributed by atoms with Crippen LogP contribution in [0.2, 0.25) is 0 Å². The van der Waals surface area contributed by atoms with Crippen LogP contribution in [0.15, 0.2) is 11.3 Å². The Morgan fingerprint density at radius 1 is 1.24 bits per heavy atom. The lowest BCUT2D eigenvalue weighted by molar-refractivity contribution is 0.0532. The van der Waals surface area contributed by atoms with Crippen molar-refractivity contribution in [2.24, 2.45) is 5.92 Å². The third-order valence-electron chi connectivity index (χ3n) is 3.61. The molecule has 1 rings (SSSR count). The maximum absolute atomic E-state index is 9.80. The highest BCUT2D eigenvalue weighted by Gasteiger charge is 2.17. The molecule has 0 saturated heterocycles. The van der Waals surface area contributed by atoms with Crippen LogP contribution in [0.3, 0.4) is 0 Å². The van der Waals surface area contributed by atoms with Gasteiger partial charge < -0.3 is 9.84 Å². The van der Waals surface area contributed by atoms with Crippen LogP contribution in [0.1, 0.15) is 66.2 Å². The second kappa shape index (κ2) is 7.05. The molecular weight excluding hydrogens is 212 g/mol. The molecule has 1 aliphatic rings. The van der Waals surface area contributed by atoms with Crippen LogP contribution in [0, 0.1) is 5.92 Å². The quantitative estimate of drug-likeness (QED) is 0.749. The molecule has 1 N–H and O–H groups in total. The fourth-order valence-electron chi connectivity index (χ4n) is 2.69. The van der Waals surface area contributed by atoms with E-state index in [1.807, 2.05) is 0 Å². The highest BCUT2D eigenvalue weighted by atomic mass is 16.5. The average molecular weight is 240 g/mol. The Morgan fingerprint density at radius 2 is 1.94 bits per heavy atom. The van der Waals surface area contributed by atoms with E-state index in [4.69, 9.17) is 4.74 Å². The van der Waals surface area contributed by atoms with Gasteiger partial charge in [0.25, 0.3) is 0 Å². The lowest BCUT2D eigenvalue weighted by atomic mass is 9.97. The first-order valence-electron chi connectivity index (χ1n) is 7.05. The van der Waals surface area contributed by atoms with E-state index in [1.165, 1.54) is 31.3 Å². The largest absolute Gasteiger partial charge is 0.492 e. The smallest absolute Gasteiger partial charge is 0.123 e. The van der Waals surface area contributed by atoms with Crippen molar-refractivity contribution in [1.29, 1.82) is 0 Å². The summed E-state index contributed by atoms with van der Waals surface area (Å²) in [7, 11) is 0. The SMILES string of the molecule is C/C1=C(\[C@@H](C)O)OC(C)CC(C)CCCCC1. The summed E-state index contributed by atoms with van der Waals surface area (Å²) in [5.41, 5.74) is 1.22. The number of hydrogen-bond donors (Lipinski definition) is 1. The van der Waals surface area contributed by atoms with Crippen LogP contribution >= 0.6 is 0 Å². The van der Waals surface area contributed by atoms with E-state index in [2.05, 4.69) is 20.8 Å². The van der Waals surface area contributed by atoms with Crippen molar-refractivity contribution in [3.05, 3.63) is 11.3 Å². The maximum atomic E-state index is 9.80. The molecule has 0 saturated carbocycles. The minimum Gasteiger partial charge on any atom is -0.492 e. The van der Waals surface area contributed by atoms with Gasteiger partial charge in [0, 0.05) is 0 Å². The number of ether oxygens (including phenoxy) is 1. The molecule has 0 fully saturated rings. The molecule has 2 heteroatoms. The summed E-state index contributed by atoms with van der Waals surface area (Å²) < 4.78 is 5.96. The summed E-state index contributed by atoms with van der Waals surface area (Å²) in [6.45, 7) is 8.31. The van der Waals surface area contributed by atoms with Crippen molar-refractivity contribution in [3.8, 4) is 0 Å². The fraction of sp³-hybridized carbons (Fsp3) is 0.867. The molecular formula is C15H28O2. The molecule has 0 aromatic rings. The van der Waals surface area contributed by atoms with E-state index in [0.717, 1.165) is 24.5 Å². The van der Waals surface area contributed by atoms with Crippen molar-refractivity contribution in [2.75, 3.05) is 0 Å². The van der Waals surface area contributed by atoms with Gasteiger partial charge in [-0.25, -0.2) is 0 Å². The van der Waals surface area contributed by atoms with Gasteiger partial charge in [0.2, 0.25) is 0 Å². The predicted molar refractivity (Wildman–Crippen MR) is 71.8 cm³/mol. The molecule has 0 aliphatic carbocycles. The number of allylic oxidation sites excluding steroid dienone is 1. The first-order chi connectivity index (χ1) is 8.00. The zero-order valence-corrected chi connectivity index (χ0v) is 11.8. The number of aliphatic hydroxyl groups excluding tert-OH is 1. The van der Waals surface area contributed by atoms with Gasteiger partial charge in [-0.05, 0) is 51.5 Å². The van der Waals surface area contributed by atoms with Crippen LogP contribution < -0.4 is 0 Å². The van der Waals surface area contributed by atoms with Gasteiger partial charge in [0.05, 0.1) is 6.10 Å². The van der Waals surface area contributed by atoms with Crippen LogP contribution in [0.25, 0.3) is 0 Å². The summed E-state index contributed by atoms with van der Waals surface area (Å²) in [6, 6.07) is 0.